The van der Waals surface area contributed by atoms with Crippen LogP contribution in [0.15, 0.2) is 4.99 Å². The summed E-state index contributed by atoms with van der Waals surface area (Å²) in [5.74, 6) is 3.45. The van der Waals surface area contributed by atoms with Gasteiger partial charge >= 0.3 is 0 Å². The molecule has 0 spiro atoms. The molecule has 2 heterocycles. The van der Waals surface area contributed by atoms with Crippen molar-refractivity contribution in [3.05, 3.63) is 0 Å². The van der Waals surface area contributed by atoms with E-state index in [0.717, 1.165) is 45.0 Å². The van der Waals surface area contributed by atoms with E-state index in [4.69, 9.17) is 0 Å². The standard InChI is InChI=1S/C19H35N5OS/c1-2-20-18(21-15-17(25)23-9-5-6-10-23)22-16-19(7-3-4-8-19)24-11-13-26-14-12-24/h2-16H2,1H3,(H2,20,21,22). The van der Waals surface area contributed by atoms with Gasteiger partial charge in [-0.2, -0.15) is 11.8 Å². The van der Waals surface area contributed by atoms with Crippen LogP contribution in [0.2, 0.25) is 0 Å². The number of rotatable bonds is 6. The van der Waals surface area contributed by atoms with Gasteiger partial charge in [-0.05, 0) is 32.6 Å². The first-order valence-electron chi connectivity index (χ1n) is 10.4. The Kier molecular flexibility index (Phi) is 7.49. The van der Waals surface area contributed by atoms with Gasteiger partial charge in [0.15, 0.2) is 5.96 Å². The van der Waals surface area contributed by atoms with Gasteiger partial charge in [0.05, 0.1) is 0 Å². The van der Waals surface area contributed by atoms with Crippen LogP contribution < -0.4 is 10.6 Å². The van der Waals surface area contributed by atoms with Gasteiger partial charge in [-0.3, -0.25) is 9.69 Å². The molecule has 2 N–H and O–H groups in total. The van der Waals surface area contributed by atoms with Crippen molar-refractivity contribution in [1.82, 2.24) is 20.4 Å². The molecule has 0 atom stereocenters. The van der Waals surface area contributed by atoms with E-state index in [-0.39, 0.29) is 18.0 Å². The molecule has 0 aromatic heterocycles. The predicted octanol–water partition coefficient (Wildman–Crippen LogP) is 1.53. The maximum Gasteiger partial charge on any atom is 0.244 e. The highest BCUT2D eigenvalue weighted by Crippen LogP contribution is 2.36. The van der Waals surface area contributed by atoms with Gasteiger partial charge in [-0.25, -0.2) is 4.99 Å². The lowest BCUT2D eigenvalue weighted by Gasteiger charge is -2.43. The second-order valence-electron chi connectivity index (χ2n) is 7.67. The van der Waals surface area contributed by atoms with E-state index < -0.39 is 0 Å². The van der Waals surface area contributed by atoms with Crippen LogP contribution in [-0.2, 0) is 4.79 Å². The van der Waals surface area contributed by atoms with Crippen LogP contribution in [0.5, 0.6) is 0 Å². The average molecular weight is 382 g/mol. The zero-order valence-corrected chi connectivity index (χ0v) is 17.1. The lowest BCUT2D eigenvalue weighted by molar-refractivity contribution is -0.128. The normalized spacial score (nSPS) is 24.0. The number of hydrogen-bond donors (Lipinski definition) is 2. The minimum atomic E-state index is 0.156. The van der Waals surface area contributed by atoms with Crippen molar-refractivity contribution in [2.45, 2.75) is 51.0 Å². The Morgan fingerprint density at radius 3 is 2.38 bits per heavy atom. The first-order chi connectivity index (χ1) is 12.7. The minimum Gasteiger partial charge on any atom is -0.357 e. The fourth-order valence-corrected chi connectivity index (χ4v) is 5.38. The molecule has 0 aromatic rings. The highest BCUT2D eigenvalue weighted by Gasteiger charge is 2.40. The fraction of sp³-hybridized carbons (Fsp3) is 0.895. The van der Waals surface area contributed by atoms with Crippen molar-refractivity contribution in [3.8, 4) is 0 Å². The zero-order valence-electron chi connectivity index (χ0n) is 16.3. The van der Waals surface area contributed by atoms with E-state index in [1.807, 2.05) is 4.90 Å². The molecule has 1 saturated carbocycles. The summed E-state index contributed by atoms with van der Waals surface area (Å²) in [6.07, 6.45) is 7.46. The molecule has 0 aromatic carbocycles. The Morgan fingerprint density at radius 1 is 1.04 bits per heavy atom. The summed E-state index contributed by atoms with van der Waals surface area (Å²) in [6, 6.07) is 0. The molecule has 0 bridgehead atoms. The molecule has 26 heavy (non-hydrogen) atoms. The third-order valence-corrected chi connectivity index (χ3v) is 6.92. The van der Waals surface area contributed by atoms with Crippen molar-refractivity contribution in [2.75, 3.05) is 57.3 Å². The first kappa shape index (κ1) is 19.8. The first-order valence-corrected chi connectivity index (χ1v) is 11.5. The summed E-state index contributed by atoms with van der Waals surface area (Å²) in [5.41, 5.74) is 0.274. The predicted molar refractivity (Wildman–Crippen MR) is 110 cm³/mol. The maximum absolute atomic E-state index is 12.3. The van der Waals surface area contributed by atoms with E-state index in [1.165, 1.54) is 50.3 Å². The quantitative estimate of drug-likeness (QED) is 0.540. The SMILES string of the molecule is CCNC(=NCC(=O)N1CCCC1)NCC1(N2CCSCC2)CCCC1. The van der Waals surface area contributed by atoms with Gasteiger partial charge in [-0.15, -0.1) is 0 Å². The van der Waals surface area contributed by atoms with E-state index in [0.29, 0.717) is 0 Å². The third kappa shape index (κ3) is 5.06. The number of hydrogen-bond acceptors (Lipinski definition) is 4. The number of thioether (sulfide) groups is 1. The molecule has 3 aliphatic rings. The highest BCUT2D eigenvalue weighted by atomic mass is 32.2. The molecule has 0 radical (unpaired) electrons. The van der Waals surface area contributed by atoms with Crippen molar-refractivity contribution >= 4 is 23.6 Å². The Balaban J connectivity index is 1.57. The Hall–Kier alpha value is -0.950. The second kappa shape index (κ2) is 9.83. The topological polar surface area (TPSA) is 60.0 Å². The van der Waals surface area contributed by atoms with Gasteiger partial charge in [-0.1, -0.05) is 12.8 Å². The lowest BCUT2D eigenvalue weighted by atomic mass is 9.94. The number of likely N-dealkylation sites (tertiary alicyclic amines) is 1. The Morgan fingerprint density at radius 2 is 1.73 bits per heavy atom. The second-order valence-corrected chi connectivity index (χ2v) is 8.89. The van der Waals surface area contributed by atoms with E-state index in [9.17, 15) is 4.79 Å². The average Bonchev–Trinajstić information content (AvgIpc) is 3.37. The lowest BCUT2D eigenvalue weighted by Crippen LogP contribution is -2.57. The molecule has 1 aliphatic carbocycles. The molecule has 3 fully saturated rings. The minimum absolute atomic E-state index is 0.156. The summed E-state index contributed by atoms with van der Waals surface area (Å²) in [4.78, 5) is 21.5. The molecule has 3 rings (SSSR count). The van der Waals surface area contributed by atoms with Crippen LogP contribution in [0.4, 0.5) is 0 Å². The van der Waals surface area contributed by atoms with Crippen molar-refractivity contribution in [3.63, 3.8) is 0 Å². The molecule has 1 amide bonds. The van der Waals surface area contributed by atoms with E-state index >= 15 is 0 Å². The number of aliphatic imine (C=N–C) groups is 1. The number of guanidine groups is 1. The monoisotopic (exact) mass is 381 g/mol. The maximum atomic E-state index is 12.3. The van der Waals surface area contributed by atoms with Crippen molar-refractivity contribution < 1.29 is 4.79 Å². The summed E-state index contributed by atoms with van der Waals surface area (Å²) < 4.78 is 0. The van der Waals surface area contributed by atoms with Gasteiger partial charge in [0.2, 0.25) is 5.91 Å². The van der Waals surface area contributed by atoms with Crippen LogP contribution in [0, 0.1) is 0 Å². The van der Waals surface area contributed by atoms with Gasteiger partial charge in [0, 0.05) is 56.3 Å². The largest absolute Gasteiger partial charge is 0.357 e. The molecule has 7 heteroatoms. The molecular formula is C19H35N5OS. The highest BCUT2D eigenvalue weighted by molar-refractivity contribution is 7.99. The number of amides is 1. The fourth-order valence-electron chi connectivity index (χ4n) is 4.48. The van der Waals surface area contributed by atoms with E-state index in [1.54, 1.807) is 0 Å². The molecule has 0 unspecified atom stereocenters. The zero-order chi connectivity index (χ0) is 18.2. The van der Waals surface area contributed by atoms with Crippen LogP contribution in [0.1, 0.15) is 45.4 Å². The Bertz CT molecular complexity index is 480. The van der Waals surface area contributed by atoms with Gasteiger partial charge in [0.1, 0.15) is 6.54 Å². The smallest absolute Gasteiger partial charge is 0.244 e. The van der Waals surface area contributed by atoms with Crippen LogP contribution >= 0.6 is 11.8 Å². The van der Waals surface area contributed by atoms with Crippen molar-refractivity contribution in [2.24, 2.45) is 4.99 Å². The number of nitrogens with zero attached hydrogens (tertiary/aromatic N) is 3. The van der Waals surface area contributed by atoms with Crippen molar-refractivity contribution in [1.29, 1.82) is 0 Å². The molecule has 2 aliphatic heterocycles. The molecule has 6 nitrogen and oxygen atoms in total. The summed E-state index contributed by atoms with van der Waals surface area (Å²) in [6.45, 7) is 8.28. The van der Waals surface area contributed by atoms with Gasteiger partial charge in [0.25, 0.3) is 0 Å². The Labute approximate surface area is 162 Å². The summed E-state index contributed by atoms with van der Waals surface area (Å²) in [5, 5.41) is 6.88. The summed E-state index contributed by atoms with van der Waals surface area (Å²) >= 11 is 2.07. The summed E-state index contributed by atoms with van der Waals surface area (Å²) in [7, 11) is 0. The number of nitrogens with one attached hydrogen (secondary N) is 2. The van der Waals surface area contributed by atoms with Gasteiger partial charge < -0.3 is 15.5 Å². The molecule has 2 saturated heterocycles. The third-order valence-electron chi connectivity index (χ3n) is 5.98. The molecule has 148 valence electrons. The van der Waals surface area contributed by atoms with E-state index in [2.05, 4.69) is 39.2 Å². The van der Waals surface area contributed by atoms with Crippen LogP contribution in [-0.4, -0.2) is 84.5 Å². The number of carbonyl (C=O) groups excluding carboxylic acids is 1. The number of carbonyl (C=O) groups is 1. The van der Waals surface area contributed by atoms with Crippen LogP contribution in [0.3, 0.4) is 0 Å². The van der Waals surface area contributed by atoms with Crippen LogP contribution in [0.25, 0.3) is 0 Å². The molecular weight excluding hydrogens is 346 g/mol.